The van der Waals surface area contributed by atoms with Gasteiger partial charge < -0.3 is 11.5 Å². The van der Waals surface area contributed by atoms with Gasteiger partial charge in [0, 0.05) is 27.4 Å². The topological polar surface area (TPSA) is 86.2 Å². The van der Waals surface area contributed by atoms with E-state index in [1.165, 1.54) is 0 Å². The number of halogens is 1. The van der Waals surface area contributed by atoms with Crippen molar-refractivity contribution in [3.63, 3.8) is 0 Å². The summed E-state index contributed by atoms with van der Waals surface area (Å²) in [7, 11) is 0. The zero-order chi connectivity index (χ0) is 14.7. The second-order valence-corrected chi connectivity index (χ2v) is 4.73. The fraction of sp³-hybridized carbons (Fsp3) is 0.0667. The minimum Gasteiger partial charge on any atom is -0.398 e. The maximum absolute atomic E-state index is 12.4. The largest absolute Gasteiger partial charge is 0.398 e. The molecule has 0 aliphatic carbocycles. The molecule has 0 spiro atoms. The second-order valence-electron chi connectivity index (χ2n) is 4.33. The van der Waals surface area contributed by atoms with Crippen molar-refractivity contribution >= 4 is 29.0 Å². The van der Waals surface area contributed by atoms with Gasteiger partial charge in [-0.15, -0.1) is 0 Å². The lowest BCUT2D eigenvalue weighted by Crippen LogP contribution is -2.16. The maximum Gasteiger partial charge on any atom is 0.221 e. The van der Waals surface area contributed by atoms with Gasteiger partial charge in [-0.2, -0.15) is 0 Å². The van der Waals surface area contributed by atoms with Gasteiger partial charge in [-0.3, -0.25) is 9.59 Å². The van der Waals surface area contributed by atoms with Gasteiger partial charge in [0.25, 0.3) is 0 Å². The molecule has 0 unspecified atom stereocenters. The third-order valence-corrected chi connectivity index (χ3v) is 3.29. The number of hydrogen-bond donors (Lipinski definition) is 2. The maximum atomic E-state index is 12.4. The molecule has 2 aromatic rings. The van der Waals surface area contributed by atoms with Crippen LogP contribution in [0.5, 0.6) is 0 Å². The van der Waals surface area contributed by atoms with Crippen molar-refractivity contribution in [2.75, 3.05) is 5.73 Å². The van der Waals surface area contributed by atoms with Crippen LogP contribution >= 0.6 is 11.6 Å². The summed E-state index contributed by atoms with van der Waals surface area (Å²) in [4.78, 5) is 23.4. The molecule has 20 heavy (non-hydrogen) atoms. The number of anilines is 1. The highest BCUT2D eigenvalue weighted by molar-refractivity contribution is 6.32. The van der Waals surface area contributed by atoms with Crippen LogP contribution in [0.3, 0.4) is 0 Å². The van der Waals surface area contributed by atoms with E-state index >= 15 is 0 Å². The molecule has 0 atom stereocenters. The van der Waals surface area contributed by atoms with E-state index in [-0.39, 0.29) is 17.9 Å². The molecule has 0 saturated heterocycles. The molecule has 102 valence electrons. The molecule has 5 heteroatoms. The highest BCUT2D eigenvalue weighted by Crippen LogP contribution is 2.28. The first kappa shape index (κ1) is 14.1. The zero-order valence-electron chi connectivity index (χ0n) is 10.6. The Hall–Kier alpha value is -2.33. The Morgan fingerprint density at radius 2 is 1.70 bits per heavy atom. The molecule has 1 amide bonds. The van der Waals surface area contributed by atoms with Crippen LogP contribution in [-0.2, 0) is 11.2 Å². The SMILES string of the molecule is NC(=O)Cc1c(Cl)ccc(C(=O)c2ccccc2)c1N. The van der Waals surface area contributed by atoms with Crippen LogP contribution < -0.4 is 11.5 Å². The van der Waals surface area contributed by atoms with Crippen LogP contribution in [0.4, 0.5) is 5.69 Å². The van der Waals surface area contributed by atoms with E-state index in [0.717, 1.165) is 0 Å². The van der Waals surface area contributed by atoms with E-state index < -0.39 is 5.91 Å². The highest BCUT2D eigenvalue weighted by Gasteiger charge is 2.17. The van der Waals surface area contributed by atoms with Crippen LogP contribution in [0.2, 0.25) is 5.02 Å². The second kappa shape index (κ2) is 5.75. The summed E-state index contributed by atoms with van der Waals surface area (Å²) in [5, 5.41) is 0.325. The first-order chi connectivity index (χ1) is 9.50. The van der Waals surface area contributed by atoms with Crippen molar-refractivity contribution in [1.82, 2.24) is 0 Å². The summed E-state index contributed by atoms with van der Waals surface area (Å²) < 4.78 is 0. The number of amides is 1. The fourth-order valence-electron chi connectivity index (χ4n) is 1.94. The standard InChI is InChI=1S/C15H13ClN2O2/c16-12-7-6-10(14(18)11(12)8-13(17)19)15(20)9-4-2-1-3-5-9/h1-7H,8,18H2,(H2,17,19). The summed E-state index contributed by atoms with van der Waals surface area (Å²) in [5.74, 6) is -0.770. The van der Waals surface area contributed by atoms with Gasteiger partial charge in [0.2, 0.25) is 5.91 Å². The molecular formula is C15H13ClN2O2. The van der Waals surface area contributed by atoms with Gasteiger partial charge in [0.15, 0.2) is 5.78 Å². The molecule has 0 aliphatic heterocycles. The zero-order valence-corrected chi connectivity index (χ0v) is 11.4. The third-order valence-electron chi connectivity index (χ3n) is 2.93. The van der Waals surface area contributed by atoms with Gasteiger partial charge in [-0.1, -0.05) is 41.9 Å². The Bertz CT molecular complexity index is 669. The summed E-state index contributed by atoms with van der Waals surface area (Å²) in [5.41, 5.74) is 12.5. The normalized spacial score (nSPS) is 10.2. The van der Waals surface area contributed by atoms with E-state index in [2.05, 4.69) is 0 Å². The van der Waals surface area contributed by atoms with Crippen LogP contribution in [-0.4, -0.2) is 11.7 Å². The van der Waals surface area contributed by atoms with Crippen molar-refractivity contribution in [1.29, 1.82) is 0 Å². The van der Waals surface area contributed by atoms with Crippen molar-refractivity contribution in [2.24, 2.45) is 5.73 Å². The lowest BCUT2D eigenvalue weighted by molar-refractivity contribution is -0.117. The number of rotatable bonds is 4. The lowest BCUT2D eigenvalue weighted by atomic mass is 9.97. The third kappa shape index (κ3) is 2.81. The van der Waals surface area contributed by atoms with Crippen LogP contribution in [0, 0.1) is 0 Å². The quantitative estimate of drug-likeness (QED) is 0.668. The molecule has 4 N–H and O–H groups in total. The van der Waals surface area contributed by atoms with Gasteiger partial charge in [-0.05, 0) is 12.1 Å². The number of nitrogens with two attached hydrogens (primary N) is 2. The fourth-order valence-corrected chi connectivity index (χ4v) is 2.17. The van der Waals surface area contributed by atoms with Gasteiger partial charge >= 0.3 is 0 Å². The summed E-state index contributed by atoms with van der Waals surface area (Å²) in [6.45, 7) is 0. The van der Waals surface area contributed by atoms with E-state index in [1.54, 1.807) is 36.4 Å². The number of carbonyl (C=O) groups is 2. The van der Waals surface area contributed by atoms with E-state index in [0.29, 0.717) is 21.7 Å². The average Bonchev–Trinajstić information content (AvgIpc) is 2.43. The summed E-state index contributed by atoms with van der Waals surface area (Å²) >= 11 is 6.00. The van der Waals surface area contributed by atoms with Crippen molar-refractivity contribution in [3.8, 4) is 0 Å². The Kier molecular flexibility index (Phi) is 4.05. The molecule has 0 heterocycles. The number of hydrogen-bond acceptors (Lipinski definition) is 3. The minimum atomic E-state index is -0.553. The first-order valence-corrected chi connectivity index (χ1v) is 6.33. The van der Waals surface area contributed by atoms with E-state index in [1.807, 2.05) is 6.07 Å². The molecule has 0 aromatic heterocycles. The molecule has 2 rings (SSSR count). The van der Waals surface area contributed by atoms with Gasteiger partial charge in [-0.25, -0.2) is 0 Å². The van der Waals surface area contributed by atoms with Crippen LogP contribution in [0.25, 0.3) is 0 Å². The molecule has 0 bridgehead atoms. The Morgan fingerprint density at radius 3 is 2.30 bits per heavy atom. The number of carbonyl (C=O) groups excluding carboxylic acids is 2. The van der Waals surface area contributed by atoms with E-state index in [9.17, 15) is 9.59 Å². The molecule has 4 nitrogen and oxygen atoms in total. The van der Waals surface area contributed by atoms with Crippen molar-refractivity contribution in [3.05, 3.63) is 64.2 Å². The molecule has 2 aromatic carbocycles. The molecule has 0 radical (unpaired) electrons. The molecule has 0 saturated carbocycles. The summed E-state index contributed by atoms with van der Waals surface area (Å²) in [6, 6.07) is 11.9. The highest BCUT2D eigenvalue weighted by atomic mass is 35.5. The van der Waals surface area contributed by atoms with Gasteiger partial charge in [0.1, 0.15) is 0 Å². The van der Waals surface area contributed by atoms with E-state index in [4.69, 9.17) is 23.1 Å². The smallest absolute Gasteiger partial charge is 0.221 e. The summed E-state index contributed by atoms with van der Waals surface area (Å²) in [6.07, 6.45) is -0.0967. The first-order valence-electron chi connectivity index (χ1n) is 5.95. The minimum absolute atomic E-state index is 0.0967. The van der Waals surface area contributed by atoms with Crippen LogP contribution in [0.15, 0.2) is 42.5 Å². The Labute approximate surface area is 121 Å². The monoisotopic (exact) mass is 288 g/mol. The molecular weight excluding hydrogens is 276 g/mol. The Balaban J connectivity index is 2.48. The lowest BCUT2D eigenvalue weighted by Gasteiger charge is -2.11. The number of ketones is 1. The molecule has 0 aliphatic rings. The Morgan fingerprint density at radius 1 is 1.05 bits per heavy atom. The number of nitrogen functional groups attached to an aromatic ring is 1. The van der Waals surface area contributed by atoms with Crippen molar-refractivity contribution in [2.45, 2.75) is 6.42 Å². The predicted octanol–water partition coefficient (Wildman–Crippen LogP) is 2.18. The number of benzene rings is 2. The van der Waals surface area contributed by atoms with Crippen LogP contribution in [0.1, 0.15) is 21.5 Å². The average molecular weight is 289 g/mol. The number of primary amides is 1. The van der Waals surface area contributed by atoms with Crippen molar-refractivity contribution < 1.29 is 9.59 Å². The molecule has 0 fully saturated rings. The predicted molar refractivity (Wildman–Crippen MR) is 78.6 cm³/mol. The van der Waals surface area contributed by atoms with Gasteiger partial charge in [0.05, 0.1) is 6.42 Å².